The molecule has 2 N–H and O–H groups in total. The Morgan fingerprint density at radius 3 is 2.52 bits per heavy atom. The quantitative estimate of drug-likeness (QED) is 0.810. The van der Waals surface area contributed by atoms with Gasteiger partial charge in [0.15, 0.2) is 0 Å². The van der Waals surface area contributed by atoms with Crippen molar-refractivity contribution in [3.05, 3.63) is 35.9 Å². The van der Waals surface area contributed by atoms with Crippen molar-refractivity contribution in [1.29, 1.82) is 0 Å². The van der Waals surface area contributed by atoms with Crippen molar-refractivity contribution < 1.29 is 9.53 Å². The van der Waals surface area contributed by atoms with Gasteiger partial charge in [-0.2, -0.15) is 0 Å². The first-order valence-electron chi connectivity index (χ1n) is 7.67. The minimum Gasteiger partial charge on any atom is -0.363 e. The Morgan fingerprint density at radius 2 is 2.00 bits per heavy atom. The van der Waals surface area contributed by atoms with Crippen molar-refractivity contribution in [2.75, 3.05) is 19.7 Å². The lowest BCUT2D eigenvalue weighted by molar-refractivity contribution is -0.136. The van der Waals surface area contributed by atoms with Gasteiger partial charge in [0.05, 0.1) is 11.6 Å². The maximum Gasteiger partial charge on any atom is 0.246 e. The summed E-state index contributed by atoms with van der Waals surface area (Å²) >= 11 is 0. The molecule has 1 saturated heterocycles. The topological polar surface area (TPSA) is 50.4 Å². The second kappa shape index (κ2) is 7.05. The van der Waals surface area contributed by atoms with Crippen LogP contribution in [0.5, 0.6) is 0 Å². The molecule has 4 heteroatoms. The lowest BCUT2D eigenvalue weighted by atomic mass is 9.97. The first-order valence-corrected chi connectivity index (χ1v) is 7.67. The van der Waals surface area contributed by atoms with Crippen molar-refractivity contribution in [1.82, 2.24) is 10.6 Å². The van der Waals surface area contributed by atoms with Crippen LogP contribution in [0.3, 0.4) is 0 Å². The summed E-state index contributed by atoms with van der Waals surface area (Å²) in [5, 5.41) is 6.26. The molecule has 21 heavy (non-hydrogen) atoms. The van der Waals surface area contributed by atoms with Gasteiger partial charge < -0.3 is 15.4 Å². The van der Waals surface area contributed by atoms with E-state index in [1.807, 2.05) is 25.1 Å². The molecule has 0 aliphatic carbocycles. The van der Waals surface area contributed by atoms with Crippen LogP contribution < -0.4 is 10.6 Å². The molecular formula is C17H26N2O2. The molecule has 0 bridgehead atoms. The SMILES string of the molecule is CC(C)CC(NC(=O)COC1(C)CNC1)c1ccccc1. The molecule has 1 amide bonds. The van der Waals surface area contributed by atoms with Gasteiger partial charge in [-0.05, 0) is 24.8 Å². The zero-order valence-corrected chi connectivity index (χ0v) is 13.2. The van der Waals surface area contributed by atoms with Crippen molar-refractivity contribution in [2.45, 2.75) is 38.8 Å². The molecule has 1 aliphatic heterocycles. The van der Waals surface area contributed by atoms with Crippen LogP contribution in [0.25, 0.3) is 0 Å². The first kappa shape index (κ1) is 16.0. The highest BCUT2D eigenvalue weighted by Crippen LogP contribution is 2.21. The maximum absolute atomic E-state index is 12.1. The Labute approximate surface area is 127 Å². The molecule has 2 rings (SSSR count). The van der Waals surface area contributed by atoms with E-state index in [1.165, 1.54) is 0 Å². The fourth-order valence-electron chi connectivity index (χ4n) is 2.49. The number of carbonyl (C=O) groups is 1. The summed E-state index contributed by atoms with van der Waals surface area (Å²) in [7, 11) is 0. The third kappa shape index (κ3) is 4.83. The molecule has 1 aromatic carbocycles. The predicted octanol–water partition coefficient (Wildman–Crippen LogP) is 2.27. The molecule has 1 aromatic rings. The molecule has 1 fully saturated rings. The van der Waals surface area contributed by atoms with Crippen LogP contribution in [-0.2, 0) is 9.53 Å². The van der Waals surface area contributed by atoms with Crippen LogP contribution in [0.15, 0.2) is 30.3 Å². The van der Waals surface area contributed by atoms with E-state index in [1.54, 1.807) is 0 Å². The molecule has 4 nitrogen and oxygen atoms in total. The van der Waals surface area contributed by atoms with E-state index < -0.39 is 0 Å². The van der Waals surface area contributed by atoms with Crippen molar-refractivity contribution >= 4 is 5.91 Å². The van der Waals surface area contributed by atoms with Gasteiger partial charge in [-0.3, -0.25) is 4.79 Å². The van der Waals surface area contributed by atoms with Gasteiger partial charge in [-0.1, -0.05) is 44.2 Å². The summed E-state index contributed by atoms with van der Waals surface area (Å²) in [4.78, 5) is 12.1. The van der Waals surface area contributed by atoms with Crippen molar-refractivity contribution in [2.24, 2.45) is 5.92 Å². The molecule has 116 valence electrons. The summed E-state index contributed by atoms with van der Waals surface area (Å²) in [6, 6.07) is 10.2. The number of hydrogen-bond acceptors (Lipinski definition) is 3. The van der Waals surface area contributed by atoms with E-state index in [4.69, 9.17) is 4.74 Å². The van der Waals surface area contributed by atoms with E-state index in [0.29, 0.717) is 5.92 Å². The predicted molar refractivity (Wildman–Crippen MR) is 84.0 cm³/mol. The molecular weight excluding hydrogens is 264 g/mol. The van der Waals surface area contributed by atoms with Crippen LogP contribution in [0, 0.1) is 5.92 Å². The van der Waals surface area contributed by atoms with E-state index >= 15 is 0 Å². The fourth-order valence-corrected chi connectivity index (χ4v) is 2.49. The van der Waals surface area contributed by atoms with Crippen LogP contribution in [0.1, 0.15) is 38.8 Å². The Kier molecular flexibility index (Phi) is 5.37. The van der Waals surface area contributed by atoms with Crippen LogP contribution >= 0.6 is 0 Å². The summed E-state index contributed by atoms with van der Waals surface area (Å²) < 4.78 is 5.69. The second-order valence-corrected chi connectivity index (χ2v) is 6.50. The molecule has 1 heterocycles. The number of hydrogen-bond donors (Lipinski definition) is 2. The maximum atomic E-state index is 12.1. The molecule has 1 aliphatic rings. The number of amides is 1. The molecule has 0 radical (unpaired) electrons. The molecule has 1 unspecified atom stereocenters. The van der Waals surface area contributed by atoms with Gasteiger partial charge in [0.2, 0.25) is 5.91 Å². The monoisotopic (exact) mass is 290 g/mol. The van der Waals surface area contributed by atoms with Gasteiger partial charge >= 0.3 is 0 Å². The Hall–Kier alpha value is -1.39. The highest BCUT2D eigenvalue weighted by atomic mass is 16.5. The van der Waals surface area contributed by atoms with Crippen LogP contribution in [0.2, 0.25) is 0 Å². The van der Waals surface area contributed by atoms with Crippen molar-refractivity contribution in [3.8, 4) is 0 Å². The summed E-state index contributed by atoms with van der Waals surface area (Å²) in [5.74, 6) is 0.474. The Balaban J connectivity index is 1.90. The highest BCUT2D eigenvalue weighted by Gasteiger charge is 2.33. The summed E-state index contributed by atoms with van der Waals surface area (Å²) in [6.07, 6.45) is 0.925. The summed E-state index contributed by atoms with van der Waals surface area (Å²) in [6.45, 7) is 8.11. The van der Waals surface area contributed by atoms with E-state index in [0.717, 1.165) is 25.1 Å². The largest absolute Gasteiger partial charge is 0.363 e. The first-order chi connectivity index (χ1) is 9.98. The van der Waals surface area contributed by atoms with Crippen LogP contribution in [0.4, 0.5) is 0 Å². The van der Waals surface area contributed by atoms with E-state index in [9.17, 15) is 4.79 Å². The van der Waals surface area contributed by atoms with Gasteiger partial charge in [0.25, 0.3) is 0 Å². The smallest absolute Gasteiger partial charge is 0.246 e. The standard InChI is InChI=1S/C17H26N2O2/c1-13(2)9-15(14-7-5-4-6-8-14)19-16(20)10-21-17(3)11-18-12-17/h4-8,13,15,18H,9-12H2,1-3H3,(H,19,20). The Morgan fingerprint density at radius 1 is 1.33 bits per heavy atom. The summed E-state index contributed by atoms with van der Waals surface area (Å²) in [5.41, 5.74) is 0.966. The molecule has 0 saturated carbocycles. The lowest BCUT2D eigenvalue weighted by Gasteiger charge is -2.38. The number of rotatable bonds is 7. The van der Waals surface area contributed by atoms with Gasteiger partial charge in [-0.25, -0.2) is 0 Å². The third-order valence-corrected chi connectivity index (χ3v) is 3.79. The minimum absolute atomic E-state index is 0.0439. The highest BCUT2D eigenvalue weighted by molar-refractivity contribution is 5.77. The number of benzene rings is 1. The minimum atomic E-state index is -0.183. The lowest BCUT2D eigenvalue weighted by Crippen LogP contribution is -2.59. The number of carbonyl (C=O) groups excluding carboxylic acids is 1. The second-order valence-electron chi connectivity index (χ2n) is 6.50. The average Bonchev–Trinajstić information content (AvgIpc) is 2.43. The Bertz CT molecular complexity index is 455. The zero-order chi connectivity index (χ0) is 15.3. The van der Waals surface area contributed by atoms with Crippen molar-refractivity contribution in [3.63, 3.8) is 0 Å². The molecule has 1 atom stereocenters. The van der Waals surface area contributed by atoms with Gasteiger partial charge in [0, 0.05) is 13.1 Å². The van der Waals surface area contributed by atoms with Gasteiger partial charge in [-0.15, -0.1) is 0 Å². The zero-order valence-electron chi connectivity index (χ0n) is 13.2. The van der Waals surface area contributed by atoms with E-state index in [-0.39, 0.29) is 24.2 Å². The third-order valence-electron chi connectivity index (χ3n) is 3.79. The van der Waals surface area contributed by atoms with Crippen LogP contribution in [-0.4, -0.2) is 31.2 Å². The number of nitrogens with one attached hydrogen (secondary N) is 2. The number of ether oxygens (including phenoxy) is 1. The van der Waals surface area contributed by atoms with E-state index in [2.05, 4.69) is 36.6 Å². The average molecular weight is 290 g/mol. The molecule has 0 aromatic heterocycles. The normalized spacial score (nSPS) is 18.1. The van der Waals surface area contributed by atoms with Gasteiger partial charge in [0.1, 0.15) is 6.61 Å². The molecule has 0 spiro atoms. The fraction of sp³-hybridized carbons (Fsp3) is 0.588.